The van der Waals surface area contributed by atoms with Crippen molar-refractivity contribution < 1.29 is 4.74 Å². The van der Waals surface area contributed by atoms with Crippen molar-refractivity contribution in [2.45, 2.75) is 20.4 Å². The Morgan fingerprint density at radius 3 is 2.60 bits per heavy atom. The Morgan fingerprint density at radius 2 is 1.96 bits per heavy atom. The van der Waals surface area contributed by atoms with Gasteiger partial charge in [0.25, 0.3) is 0 Å². The van der Waals surface area contributed by atoms with Crippen molar-refractivity contribution in [3.05, 3.63) is 29.9 Å². The van der Waals surface area contributed by atoms with Gasteiger partial charge in [0, 0.05) is 25.7 Å². The Bertz CT molecular complexity index is 801. The second-order valence-corrected chi connectivity index (χ2v) is 6.00. The van der Waals surface area contributed by atoms with E-state index in [0.29, 0.717) is 19.8 Å². The Labute approximate surface area is 148 Å². The second-order valence-electron chi connectivity index (χ2n) is 6.00. The van der Waals surface area contributed by atoms with Crippen LogP contribution in [0.2, 0.25) is 0 Å². The van der Waals surface area contributed by atoms with E-state index in [1.165, 1.54) is 0 Å². The van der Waals surface area contributed by atoms with Crippen molar-refractivity contribution in [1.29, 1.82) is 0 Å². The van der Waals surface area contributed by atoms with E-state index in [-0.39, 0.29) is 0 Å². The number of aromatic nitrogens is 4. The topological polar surface area (TPSA) is 68.1 Å². The molecule has 3 heterocycles. The predicted octanol–water partition coefficient (Wildman–Crippen LogP) is 1.90. The molecule has 0 aromatic carbocycles. The van der Waals surface area contributed by atoms with E-state index in [1.807, 2.05) is 50.7 Å². The van der Waals surface area contributed by atoms with Gasteiger partial charge in [0.05, 0.1) is 19.8 Å². The van der Waals surface area contributed by atoms with Gasteiger partial charge in [-0.25, -0.2) is 15.0 Å². The van der Waals surface area contributed by atoms with E-state index < -0.39 is 0 Å². The minimum absolute atomic E-state index is 0.691. The quantitative estimate of drug-likeness (QED) is 0.837. The van der Waals surface area contributed by atoms with E-state index in [0.717, 1.165) is 47.3 Å². The van der Waals surface area contributed by atoms with E-state index >= 15 is 0 Å². The van der Waals surface area contributed by atoms with Crippen LogP contribution >= 0.6 is 0 Å². The van der Waals surface area contributed by atoms with Crippen LogP contribution in [0.1, 0.15) is 25.5 Å². The first-order valence-corrected chi connectivity index (χ1v) is 8.69. The zero-order chi connectivity index (χ0) is 17.8. The highest BCUT2D eigenvalue weighted by Gasteiger charge is 2.22. The van der Waals surface area contributed by atoms with Gasteiger partial charge in [-0.3, -0.25) is 0 Å². The summed E-state index contributed by atoms with van der Waals surface area (Å²) in [4.78, 5) is 16.7. The molecule has 7 nitrogen and oxygen atoms in total. The first-order valence-electron chi connectivity index (χ1n) is 8.69. The molecule has 1 saturated heterocycles. The lowest BCUT2D eigenvalue weighted by molar-refractivity contribution is 0.122. The van der Waals surface area contributed by atoms with Crippen molar-refractivity contribution in [3.63, 3.8) is 0 Å². The summed E-state index contributed by atoms with van der Waals surface area (Å²) in [7, 11) is 3.93. The molecule has 1 fully saturated rings. The average Bonchev–Trinajstić information content (AvgIpc) is 2.96. The molecule has 0 spiro atoms. The molecule has 0 amide bonds. The van der Waals surface area contributed by atoms with Crippen LogP contribution in [-0.2, 0) is 18.3 Å². The van der Waals surface area contributed by atoms with E-state index in [9.17, 15) is 0 Å². The number of rotatable bonds is 5. The lowest BCUT2D eigenvalue weighted by atomic mass is 10.2. The molecular weight excluding hydrogens is 316 g/mol. The van der Waals surface area contributed by atoms with E-state index in [1.54, 1.807) is 0 Å². The highest BCUT2D eigenvalue weighted by molar-refractivity contribution is 5.86. The Kier molecular flexibility index (Phi) is 5.45. The fraction of sp³-hybridized carbons (Fsp3) is 0.500. The summed E-state index contributed by atoms with van der Waals surface area (Å²) in [5.41, 5.74) is 2.73. The highest BCUT2D eigenvalue weighted by atomic mass is 16.5. The van der Waals surface area contributed by atoms with Gasteiger partial charge in [-0.05, 0) is 20.9 Å². The summed E-state index contributed by atoms with van der Waals surface area (Å²) in [5.74, 6) is 2.57. The molecule has 0 aliphatic carbocycles. The summed E-state index contributed by atoms with van der Waals surface area (Å²) in [6.45, 7) is 7.75. The molecule has 1 aliphatic heterocycles. The monoisotopic (exact) mass is 342 g/mol. The molecule has 0 radical (unpaired) electrons. The zero-order valence-corrected chi connectivity index (χ0v) is 15.4. The number of fused-ring (bicyclic) bond motifs is 1. The molecule has 7 heteroatoms. The van der Waals surface area contributed by atoms with Gasteiger partial charge in [-0.1, -0.05) is 18.2 Å². The van der Waals surface area contributed by atoms with Gasteiger partial charge in [-0.2, -0.15) is 0 Å². The molecule has 25 heavy (non-hydrogen) atoms. The third-order valence-electron chi connectivity index (χ3n) is 4.35. The minimum Gasteiger partial charge on any atom is -0.378 e. The molecule has 0 unspecified atom stereocenters. The van der Waals surface area contributed by atoms with Gasteiger partial charge < -0.3 is 19.5 Å². The maximum atomic E-state index is 5.49. The Hall–Kier alpha value is -2.25. The first-order chi connectivity index (χ1) is 12.2. The van der Waals surface area contributed by atoms with Gasteiger partial charge in [0.15, 0.2) is 22.8 Å². The van der Waals surface area contributed by atoms with Gasteiger partial charge in [0.2, 0.25) is 0 Å². The first kappa shape index (κ1) is 17.6. The number of hydrogen-bond acceptors (Lipinski definition) is 6. The maximum Gasteiger partial charge on any atom is 0.166 e. The Balaban J connectivity index is 2.20. The number of nitrogens with zero attached hydrogens (tertiary/aromatic N) is 5. The van der Waals surface area contributed by atoms with Crippen molar-refractivity contribution in [3.8, 4) is 0 Å². The Morgan fingerprint density at radius 1 is 1.20 bits per heavy atom. The van der Waals surface area contributed by atoms with Crippen LogP contribution in [0.5, 0.6) is 0 Å². The van der Waals surface area contributed by atoms with Gasteiger partial charge in [-0.15, -0.1) is 0 Å². The number of imidazole rings is 1. The van der Waals surface area contributed by atoms with Crippen molar-refractivity contribution in [2.24, 2.45) is 7.05 Å². The number of ether oxygens (including phenoxy) is 1. The molecule has 2 aromatic heterocycles. The number of aryl methyl sites for hydroxylation is 1. The van der Waals surface area contributed by atoms with Crippen LogP contribution in [-0.4, -0.2) is 52.9 Å². The fourth-order valence-corrected chi connectivity index (χ4v) is 3.01. The summed E-state index contributed by atoms with van der Waals surface area (Å²) in [5, 5.41) is 3.17. The normalized spacial score (nSPS) is 16.3. The molecule has 134 valence electrons. The third-order valence-corrected chi connectivity index (χ3v) is 4.35. The average molecular weight is 342 g/mol. The van der Waals surface area contributed by atoms with Crippen molar-refractivity contribution in [2.75, 3.05) is 38.3 Å². The highest BCUT2D eigenvalue weighted by Crippen LogP contribution is 2.27. The van der Waals surface area contributed by atoms with Crippen LogP contribution in [0.25, 0.3) is 16.7 Å². The lowest BCUT2D eigenvalue weighted by Gasteiger charge is -2.28. The summed E-state index contributed by atoms with van der Waals surface area (Å²) < 4.78 is 7.54. The molecular formula is C18H26N6O. The maximum absolute atomic E-state index is 5.49. The molecule has 0 bridgehead atoms. The number of hydrogen-bond donors (Lipinski definition) is 1. The van der Waals surface area contributed by atoms with E-state index in [2.05, 4.69) is 10.2 Å². The zero-order valence-electron chi connectivity index (χ0n) is 15.4. The van der Waals surface area contributed by atoms with Crippen molar-refractivity contribution in [1.82, 2.24) is 24.8 Å². The second kappa shape index (κ2) is 7.76. The number of allylic oxidation sites excluding steroid dienone is 4. The van der Waals surface area contributed by atoms with Crippen LogP contribution in [0.4, 0.5) is 5.82 Å². The number of morpholine rings is 1. The summed E-state index contributed by atoms with van der Waals surface area (Å²) in [6.07, 6.45) is 6.08. The standard InChI is InChI=1S/C18H26N6O/c1-5-7-13(6-2)16-21-17-15(20-14(12-19-3)23(17)4)18(22-16)24-8-10-25-11-9-24/h5-7,19H,8-12H2,1-4H3/b7-5-,13-6+. The number of nitrogens with one attached hydrogen (secondary N) is 1. The van der Waals surface area contributed by atoms with Crippen LogP contribution in [0.15, 0.2) is 18.2 Å². The molecule has 1 N–H and O–H groups in total. The molecule has 0 atom stereocenters. The fourth-order valence-electron chi connectivity index (χ4n) is 3.01. The molecule has 1 aliphatic rings. The SMILES string of the molecule is C/C=C\C(=C/C)c1nc(N2CCOCC2)c2nc(CNC)n(C)c2n1. The van der Waals surface area contributed by atoms with Gasteiger partial charge in [0.1, 0.15) is 5.82 Å². The predicted molar refractivity (Wildman–Crippen MR) is 101 cm³/mol. The van der Waals surface area contributed by atoms with Crippen LogP contribution in [0, 0.1) is 0 Å². The summed E-state index contributed by atoms with van der Waals surface area (Å²) >= 11 is 0. The summed E-state index contributed by atoms with van der Waals surface area (Å²) in [6, 6.07) is 0. The molecule has 3 rings (SSSR count). The minimum atomic E-state index is 0.691. The van der Waals surface area contributed by atoms with Gasteiger partial charge >= 0.3 is 0 Å². The van der Waals surface area contributed by atoms with Crippen molar-refractivity contribution >= 4 is 22.6 Å². The molecule has 2 aromatic rings. The smallest absolute Gasteiger partial charge is 0.166 e. The van der Waals surface area contributed by atoms with E-state index in [4.69, 9.17) is 19.7 Å². The third kappa shape index (κ3) is 3.43. The van der Waals surface area contributed by atoms with Crippen LogP contribution < -0.4 is 10.2 Å². The van der Waals surface area contributed by atoms with Crippen LogP contribution in [0.3, 0.4) is 0 Å². The molecule has 0 saturated carbocycles. The number of anilines is 1. The largest absolute Gasteiger partial charge is 0.378 e. The lowest BCUT2D eigenvalue weighted by Crippen LogP contribution is -2.37.